The van der Waals surface area contributed by atoms with E-state index in [2.05, 4.69) is 5.32 Å². The topological polar surface area (TPSA) is 108 Å². The van der Waals surface area contributed by atoms with Crippen LogP contribution in [0.5, 0.6) is 0 Å². The smallest absolute Gasteiger partial charge is 0.335 e. The second-order valence-corrected chi connectivity index (χ2v) is 6.50. The van der Waals surface area contributed by atoms with Gasteiger partial charge in [-0.25, -0.2) is 4.79 Å². The SMILES string of the molecule is Cc1cc(C=C(C#N)C(=O)Nc2ccc(C(=O)O)cc2)c(C)n1Cc1ccco1. The maximum absolute atomic E-state index is 12.5. The molecule has 29 heavy (non-hydrogen) atoms. The van der Waals surface area contributed by atoms with Gasteiger partial charge >= 0.3 is 5.97 Å². The summed E-state index contributed by atoms with van der Waals surface area (Å²) in [4.78, 5) is 23.4. The number of hydrogen-bond donors (Lipinski definition) is 2. The van der Waals surface area contributed by atoms with Gasteiger partial charge in [-0.15, -0.1) is 0 Å². The molecular weight excluding hydrogens is 370 g/mol. The number of benzene rings is 1. The number of aromatic nitrogens is 1. The van der Waals surface area contributed by atoms with E-state index in [-0.39, 0.29) is 11.1 Å². The molecule has 2 aromatic heterocycles. The number of nitriles is 1. The highest BCUT2D eigenvalue weighted by Gasteiger charge is 2.14. The molecule has 0 saturated heterocycles. The molecule has 0 bridgehead atoms. The zero-order valence-electron chi connectivity index (χ0n) is 16.0. The quantitative estimate of drug-likeness (QED) is 0.489. The van der Waals surface area contributed by atoms with Crippen LogP contribution >= 0.6 is 0 Å². The number of amides is 1. The molecule has 0 atom stereocenters. The molecule has 3 aromatic rings. The highest BCUT2D eigenvalue weighted by molar-refractivity contribution is 6.09. The third-order valence-corrected chi connectivity index (χ3v) is 4.56. The number of carbonyl (C=O) groups is 2. The van der Waals surface area contributed by atoms with E-state index in [9.17, 15) is 14.9 Å². The Balaban J connectivity index is 1.81. The van der Waals surface area contributed by atoms with Crippen molar-refractivity contribution in [3.05, 3.63) is 82.6 Å². The van der Waals surface area contributed by atoms with Crippen molar-refractivity contribution in [2.45, 2.75) is 20.4 Å². The Kier molecular flexibility index (Phi) is 5.65. The maximum atomic E-state index is 12.5. The summed E-state index contributed by atoms with van der Waals surface area (Å²) >= 11 is 0. The van der Waals surface area contributed by atoms with Crippen molar-refractivity contribution >= 4 is 23.6 Å². The lowest BCUT2D eigenvalue weighted by atomic mass is 10.1. The molecular formula is C22H19N3O4. The fraction of sp³-hybridized carbons (Fsp3) is 0.136. The molecule has 0 aliphatic carbocycles. The first-order valence-corrected chi connectivity index (χ1v) is 8.84. The highest BCUT2D eigenvalue weighted by atomic mass is 16.4. The van der Waals surface area contributed by atoms with E-state index < -0.39 is 11.9 Å². The maximum Gasteiger partial charge on any atom is 0.335 e. The molecule has 2 N–H and O–H groups in total. The number of hydrogen-bond acceptors (Lipinski definition) is 4. The lowest BCUT2D eigenvalue weighted by Gasteiger charge is -2.07. The molecule has 1 amide bonds. The van der Waals surface area contributed by atoms with Crippen LogP contribution in [0.25, 0.3) is 6.08 Å². The zero-order valence-corrected chi connectivity index (χ0v) is 16.0. The number of nitrogens with zero attached hydrogens (tertiary/aromatic N) is 2. The molecule has 0 saturated carbocycles. The first-order chi connectivity index (χ1) is 13.9. The largest absolute Gasteiger partial charge is 0.478 e. The predicted molar refractivity (Wildman–Crippen MR) is 107 cm³/mol. The summed E-state index contributed by atoms with van der Waals surface area (Å²) in [6.45, 7) is 4.42. The van der Waals surface area contributed by atoms with Crippen molar-refractivity contribution < 1.29 is 19.1 Å². The van der Waals surface area contributed by atoms with Gasteiger partial charge in [-0.2, -0.15) is 5.26 Å². The van der Waals surface area contributed by atoms with Gasteiger partial charge in [-0.3, -0.25) is 4.79 Å². The summed E-state index contributed by atoms with van der Waals surface area (Å²) in [5, 5.41) is 21.0. The molecule has 0 radical (unpaired) electrons. The van der Waals surface area contributed by atoms with Crippen LogP contribution in [0.2, 0.25) is 0 Å². The number of carboxylic acids is 1. The van der Waals surface area contributed by atoms with E-state index in [1.807, 2.05) is 42.7 Å². The second kappa shape index (κ2) is 8.31. The number of rotatable bonds is 6. The summed E-state index contributed by atoms with van der Waals surface area (Å²) in [5.41, 5.74) is 3.12. The van der Waals surface area contributed by atoms with Crippen molar-refractivity contribution in [3.63, 3.8) is 0 Å². The second-order valence-electron chi connectivity index (χ2n) is 6.50. The zero-order chi connectivity index (χ0) is 21.0. The van der Waals surface area contributed by atoms with E-state index in [4.69, 9.17) is 9.52 Å². The van der Waals surface area contributed by atoms with Crippen LogP contribution in [0, 0.1) is 25.2 Å². The fourth-order valence-corrected chi connectivity index (χ4v) is 2.97. The van der Waals surface area contributed by atoms with Gasteiger partial charge in [0.2, 0.25) is 0 Å². The van der Waals surface area contributed by atoms with Crippen LogP contribution in [0.4, 0.5) is 5.69 Å². The van der Waals surface area contributed by atoms with Gasteiger partial charge in [0.05, 0.1) is 18.4 Å². The van der Waals surface area contributed by atoms with E-state index in [1.54, 1.807) is 12.3 Å². The van der Waals surface area contributed by atoms with Crippen LogP contribution in [-0.2, 0) is 11.3 Å². The molecule has 7 heteroatoms. The number of anilines is 1. The number of aryl methyl sites for hydroxylation is 1. The van der Waals surface area contributed by atoms with Gasteiger partial charge < -0.3 is 19.4 Å². The third-order valence-electron chi connectivity index (χ3n) is 4.56. The van der Waals surface area contributed by atoms with Crippen LogP contribution in [0.1, 0.15) is 33.1 Å². The minimum absolute atomic E-state index is 0.0504. The predicted octanol–water partition coefficient (Wildman–Crippen LogP) is 3.99. The van der Waals surface area contributed by atoms with Gasteiger partial charge in [0, 0.05) is 17.1 Å². The van der Waals surface area contributed by atoms with Gasteiger partial charge in [0.25, 0.3) is 5.91 Å². The Morgan fingerprint density at radius 1 is 1.24 bits per heavy atom. The average Bonchev–Trinajstić information content (AvgIpc) is 3.30. The number of nitrogens with one attached hydrogen (secondary N) is 1. The van der Waals surface area contributed by atoms with E-state index in [0.29, 0.717) is 12.2 Å². The van der Waals surface area contributed by atoms with Crippen LogP contribution in [0.3, 0.4) is 0 Å². The van der Waals surface area contributed by atoms with Crippen molar-refractivity contribution in [1.82, 2.24) is 4.57 Å². The summed E-state index contributed by atoms with van der Waals surface area (Å²) in [6, 6.07) is 13.3. The molecule has 0 unspecified atom stereocenters. The minimum Gasteiger partial charge on any atom is -0.478 e. The number of carbonyl (C=O) groups excluding carboxylic acids is 1. The molecule has 146 valence electrons. The summed E-state index contributed by atoms with van der Waals surface area (Å²) in [5.74, 6) is -0.804. The van der Waals surface area contributed by atoms with Crippen molar-refractivity contribution in [2.24, 2.45) is 0 Å². The highest BCUT2D eigenvalue weighted by Crippen LogP contribution is 2.20. The fourth-order valence-electron chi connectivity index (χ4n) is 2.97. The van der Waals surface area contributed by atoms with Gasteiger partial charge in [-0.1, -0.05) is 0 Å². The Hall–Kier alpha value is -4.05. The van der Waals surface area contributed by atoms with E-state index >= 15 is 0 Å². The standard InChI is InChI=1S/C22H19N3O4/c1-14-10-17(15(2)25(14)13-20-4-3-9-29-20)11-18(12-23)21(26)24-19-7-5-16(6-8-19)22(27)28/h3-11H,13H2,1-2H3,(H,24,26)(H,27,28). The molecule has 3 rings (SSSR count). The van der Waals surface area contributed by atoms with Crippen molar-refractivity contribution in [2.75, 3.05) is 5.32 Å². The normalized spacial score (nSPS) is 11.1. The minimum atomic E-state index is -1.05. The monoisotopic (exact) mass is 389 g/mol. The third kappa shape index (κ3) is 4.45. The van der Waals surface area contributed by atoms with Crippen molar-refractivity contribution in [3.8, 4) is 6.07 Å². The molecule has 1 aromatic carbocycles. The van der Waals surface area contributed by atoms with Crippen LogP contribution in [-0.4, -0.2) is 21.6 Å². The molecule has 0 fully saturated rings. The van der Waals surface area contributed by atoms with E-state index in [1.165, 1.54) is 24.3 Å². The Morgan fingerprint density at radius 3 is 2.55 bits per heavy atom. The van der Waals surface area contributed by atoms with Gasteiger partial charge in [0.15, 0.2) is 0 Å². The number of carboxylic acid groups (broad SMARTS) is 1. The Morgan fingerprint density at radius 2 is 1.97 bits per heavy atom. The van der Waals surface area contributed by atoms with Gasteiger partial charge in [0.1, 0.15) is 17.4 Å². The summed E-state index contributed by atoms with van der Waals surface area (Å²) < 4.78 is 7.44. The Bertz CT molecular complexity index is 1110. The lowest BCUT2D eigenvalue weighted by Crippen LogP contribution is -2.13. The van der Waals surface area contributed by atoms with Gasteiger partial charge in [-0.05, 0) is 68.0 Å². The Labute approximate surface area is 167 Å². The summed E-state index contributed by atoms with van der Waals surface area (Å²) in [6.07, 6.45) is 3.16. The first kappa shape index (κ1) is 19.7. The summed E-state index contributed by atoms with van der Waals surface area (Å²) in [7, 11) is 0. The molecule has 0 spiro atoms. The molecule has 2 heterocycles. The number of aromatic carboxylic acids is 1. The molecule has 7 nitrogen and oxygen atoms in total. The average molecular weight is 389 g/mol. The van der Waals surface area contributed by atoms with E-state index in [0.717, 1.165) is 22.7 Å². The first-order valence-electron chi connectivity index (χ1n) is 8.84. The lowest BCUT2D eigenvalue weighted by molar-refractivity contribution is -0.112. The molecule has 0 aliphatic heterocycles. The van der Waals surface area contributed by atoms with Crippen LogP contribution < -0.4 is 5.32 Å². The van der Waals surface area contributed by atoms with Crippen molar-refractivity contribution in [1.29, 1.82) is 5.26 Å². The number of furan rings is 1. The molecule has 0 aliphatic rings. The van der Waals surface area contributed by atoms with Crippen LogP contribution in [0.15, 0.2) is 58.7 Å².